The zero-order valence-corrected chi connectivity index (χ0v) is 12.8. The first-order valence-electron chi connectivity index (χ1n) is 6.17. The summed E-state index contributed by atoms with van der Waals surface area (Å²) in [6.07, 6.45) is 0.278. The van der Waals surface area contributed by atoms with Gasteiger partial charge in [0.2, 0.25) is 5.91 Å². The molecule has 4 nitrogen and oxygen atoms in total. The van der Waals surface area contributed by atoms with Crippen LogP contribution in [0, 0.1) is 13.8 Å². The van der Waals surface area contributed by atoms with Gasteiger partial charge < -0.3 is 10.1 Å². The number of carbonyl (C=O) groups excluding carboxylic acids is 1. The van der Waals surface area contributed by atoms with E-state index in [9.17, 15) is 4.79 Å². The summed E-state index contributed by atoms with van der Waals surface area (Å²) in [5.74, 6) is 0.593. The molecule has 6 heteroatoms. The highest BCUT2D eigenvalue weighted by Crippen LogP contribution is 2.21. The van der Waals surface area contributed by atoms with Gasteiger partial charge in [0.15, 0.2) is 5.13 Å². The lowest BCUT2D eigenvalue weighted by Gasteiger charge is -2.05. The van der Waals surface area contributed by atoms with Gasteiger partial charge in [-0.1, -0.05) is 11.6 Å². The van der Waals surface area contributed by atoms with Crippen molar-refractivity contribution >= 4 is 34.0 Å². The van der Waals surface area contributed by atoms with Crippen LogP contribution in [0.25, 0.3) is 0 Å². The molecule has 0 atom stereocenters. The topological polar surface area (TPSA) is 51.2 Å². The molecule has 0 aliphatic carbocycles. The van der Waals surface area contributed by atoms with E-state index in [2.05, 4.69) is 10.3 Å². The van der Waals surface area contributed by atoms with Crippen LogP contribution >= 0.6 is 22.9 Å². The molecule has 0 aliphatic rings. The zero-order valence-electron chi connectivity index (χ0n) is 11.3. The second kappa shape index (κ2) is 6.72. The van der Waals surface area contributed by atoms with Crippen LogP contribution < -0.4 is 10.1 Å². The number of amides is 1. The Balaban J connectivity index is 1.76. The molecule has 2 aromatic rings. The number of carbonyl (C=O) groups is 1. The van der Waals surface area contributed by atoms with Crippen molar-refractivity contribution in [3.63, 3.8) is 0 Å². The van der Waals surface area contributed by atoms with Gasteiger partial charge in [0, 0.05) is 9.90 Å². The van der Waals surface area contributed by atoms with Crippen molar-refractivity contribution < 1.29 is 9.53 Å². The second-order valence-corrected chi connectivity index (χ2v) is 5.90. The van der Waals surface area contributed by atoms with E-state index in [1.807, 2.05) is 13.8 Å². The predicted octanol–water partition coefficient (Wildman–Crippen LogP) is 3.82. The quantitative estimate of drug-likeness (QED) is 0.913. The van der Waals surface area contributed by atoms with Gasteiger partial charge in [-0.25, -0.2) is 4.98 Å². The van der Waals surface area contributed by atoms with Gasteiger partial charge in [-0.05, 0) is 38.1 Å². The monoisotopic (exact) mass is 310 g/mol. The Labute approximate surface area is 126 Å². The summed E-state index contributed by atoms with van der Waals surface area (Å²) in [6.45, 7) is 4.22. The number of ether oxygens (including phenoxy) is 1. The maximum absolute atomic E-state index is 11.7. The molecule has 0 aliphatic heterocycles. The third-order valence-corrected chi connectivity index (χ3v) is 3.93. The molecule has 0 saturated heterocycles. The van der Waals surface area contributed by atoms with Gasteiger partial charge >= 0.3 is 0 Å². The summed E-state index contributed by atoms with van der Waals surface area (Å²) in [6, 6.07) is 7.04. The van der Waals surface area contributed by atoms with Crippen LogP contribution in [-0.2, 0) is 4.79 Å². The van der Waals surface area contributed by atoms with E-state index in [-0.39, 0.29) is 12.3 Å². The number of hydrogen-bond donors (Lipinski definition) is 1. The average Bonchev–Trinajstić information content (AvgIpc) is 2.70. The Morgan fingerprint density at radius 1 is 1.35 bits per heavy atom. The summed E-state index contributed by atoms with van der Waals surface area (Å²) in [5.41, 5.74) is 0.947. The number of hydrogen-bond acceptors (Lipinski definition) is 4. The molecule has 20 heavy (non-hydrogen) atoms. The highest BCUT2D eigenvalue weighted by molar-refractivity contribution is 7.15. The van der Waals surface area contributed by atoms with Crippen LogP contribution in [-0.4, -0.2) is 17.5 Å². The Bertz CT molecular complexity index is 576. The first-order valence-corrected chi connectivity index (χ1v) is 7.36. The molecule has 1 aromatic heterocycles. The van der Waals surface area contributed by atoms with E-state index in [0.29, 0.717) is 22.5 Å². The number of rotatable bonds is 5. The summed E-state index contributed by atoms with van der Waals surface area (Å²) in [7, 11) is 0. The van der Waals surface area contributed by atoms with Crippen LogP contribution in [0.4, 0.5) is 5.13 Å². The van der Waals surface area contributed by atoms with E-state index >= 15 is 0 Å². The fourth-order valence-corrected chi connectivity index (χ4v) is 2.46. The van der Waals surface area contributed by atoms with Crippen molar-refractivity contribution in [3.8, 4) is 5.75 Å². The lowest BCUT2D eigenvalue weighted by molar-refractivity contribution is -0.116. The number of nitrogens with one attached hydrogen (secondary N) is 1. The van der Waals surface area contributed by atoms with Crippen LogP contribution in [0.15, 0.2) is 24.3 Å². The molecule has 0 unspecified atom stereocenters. The minimum absolute atomic E-state index is 0.104. The average molecular weight is 311 g/mol. The standard InChI is InChI=1S/C14H15ClN2O2S/c1-9-10(2)20-14(16-9)17-13(18)7-8-19-12-5-3-11(15)4-6-12/h3-6H,7-8H2,1-2H3,(H,16,17,18). The molecule has 0 radical (unpaired) electrons. The molecule has 106 valence electrons. The summed E-state index contributed by atoms with van der Waals surface area (Å²) in [4.78, 5) is 17.1. The molecule has 1 aromatic carbocycles. The van der Waals surface area contributed by atoms with Crippen molar-refractivity contribution in [1.82, 2.24) is 4.98 Å². The summed E-state index contributed by atoms with van der Waals surface area (Å²) >= 11 is 7.25. The maximum Gasteiger partial charge on any atom is 0.229 e. The SMILES string of the molecule is Cc1nc(NC(=O)CCOc2ccc(Cl)cc2)sc1C. The molecule has 0 fully saturated rings. The number of benzene rings is 1. The lowest BCUT2D eigenvalue weighted by Crippen LogP contribution is -2.15. The van der Waals surface area contributed by atoms with Gasteiger partial charge in [0.25, 0.3) is 0 Å². The molecule has 2 rings (SSSR count). The molecule has 0 bridgehead atoms. The molecule has 0 saturated carbocycles. The van der Waals surface area contributed by atoms with E-state index in [1.54, 1.807) is 24.3 Å². The summed E-state index contributed by atoms with van der Waals surface area (Å²) < 4.78 is 5.46. The number of thiazole rings is 1. The van der Waals surface area contributed by atoms with E-state index in [4.69, 9.17) is 16.3 Å². The van der Waals surface area contributed by atoms with Crippen molar-refractivity contribution in [1.29, 1.82) is 0 Å². The fraction of sp³-hybridized carbons (Fsp3) is 0.286. The normalized spacial score (nSPS) is 10.3. The number of aromatic nitrogens is 1. The van der Waals surface area contributed by atoms with Gasteiger partial charge in [0.05, 0.1) is 18.7 Å². The van der Waals surface area contributed by atoms with Crippen LogP contribution in [0.5, 0.6) is 5.75 Å². The lowest BCUT2D eigenvalue weighted by atomic mass is 10.3. The second-order valence-electron chi connectivity index (χ2n) is 4.26. The van der Waals surface area contributed by atoms with Crippen molar-refractivity contribution in [2.24, 2.45) is 0 Å². The van der Waals surface area contributed by atoms with E-state index < -0.39 is 0 Å². The van der Waals surface area contributed by atoms with Gasteiger partial charge in [0.1, 0.15) is 5.75 Å². The molecule has 1 amide bonds. The first kappa shape index (κ1) is 14.8. The highest BCUT2D eigenvalue weighted by atomic mass is 35.5. The number of aryl methyl sites for hydroxylation is 2. The third kappa shape index (κ3) is 4.21. The molecule has 1 N–H and O–H groups in total. The van der Waals surface area contributed by atoms with E-state index in [0.717, 1.165) is 10.6 Å². The minimum Gasteiger partial charge on any atom is -0.493 e. The first-order chi connectivity index (χ1) is 9.54. The van der Waals surface area contributed by atoms with Gasteiger partial charge in [-0.15, -0.1) is 11.3 Å². The molecular weight excluding hydrogens is 296 g/mol. The zero-order chi connectivity index (χ0) is 14.5. The Morgan fingerprint density at radius 3 is 2.65 bits per heavy atom. The Morgan fingerprint density at radius 2 is 2.05 bits per heavy atom. The van der Waals surface area contributed by atoms with Gasteiger partial charge in [-0.3, -0.25) is 4.79 Å². The number of nitrogens with zero attached hydrogens (tertiary/aromatic N) is 1. The molecule has 0 spiro atoms. The van der Waals surface area contributed by atoms with Crippen molar-refractivity contribution in [2.75, 3.05) is 11.9 Å². The third-order valence-electron chi connectivity index (χ3n) is 2.69. The number of halogens is 1. The Hall–Kier alpha value is -1.59. The van der Waals surface area contributed by atoms with Crippen LogP contribution in [0.3, 0.4) is 0 Å². The van der Waals surface area contributed by atoms with Crippen molar-refractivity contribution in [3.05, 3.63) is 39.9 Å². The van der Waals surface area contributed by atoms with Gasteiger partial charge in [-0.2, -0.15) is 0 Å². The summed E-state index contributed by atoms with van der Waals surface area (Å²) in [5, 5.41) is 4.06. The van der Waals surface area contributed by atoms with Crippen molar-refractivity contribution in [2.45, 2.75) is 20.3 Å². The Kier molecular flexibility index (Phi) is 4.98. The molecular formula is C14H15ClN2O2S. The minimum atomic E-state index is -0.104. The van der Waals surface area contributed by atoms with E-state index in [1.165, 1.54) is 11.3 Å². The number of anilines is 1. The largest absolute Gasteiger partial charge is 0.493 e. The fourth-order valence-electron chi connectivity index (χ4n) is 1.50. The van der Waals surface area contributed by atoms with Crippen LogP contribution in [0.1, 0.15) is 17.0 Å². The smallest absolute Gasteiger partial charge is 0.229 e. The van der Waals surface area contributed by atoms with Crippen LogP contribution in [0.2, 0.25) is 5.02 Å². The molecule has 1 heterocycles. The predicted molar refractivity (Wildman–Crippen MR) is 81.8 cm³/mol. The maximum atomic E-state index is 11.7. The highest BCUT2D eigenvalue weighted by Gasteiger charge is 2.08.